The first-order valence-electron chi connectivity index (χ1n) is 9.31. The summed E-state index contributed by atoms with van der Waals surface area (Å²) in [5.41, 5.74) is 0.568. The molecule has 6 nitrogen and oxygen atoms in total. The quantitative estimate of drug-likeness (QED) is 0.774. The number of β-amino-alcohol motifs (C(OH)–C–C–N with tert-alkyl or cyclic N) is 1. The molecule has 3 rings (SSSR count). The first-order valence-corrected chi connectivity index (χ1v) is 9.31. The van der Waals surface area contributed by atoms with E-state index in [9.17, 15) is 15.0 Å². The topological polar surface area (TPSA) is 73.2 Å². The lowest BCUT2D eigenvalue weighted by Crippen LogP contribution is -2.57. The number of carbonyl (C=O) groups excluding carboxylic acids is 1. The van der Waals surface area contributed by atoms with Gasteiger partial charge in [-0.1, -0.05) is 18.7 Å². The predicted molar refractivity (Wildman–Crippen MR) is 99.3 cm³/mol. The summed E-state index contributed by atoms with van der Waals surface area (Å²) in [6, 6.07) is 7.18. The van der Waals surface area contributed by atoms with E-state index in [1.807, 2.05) is 6.07 Å². The average molecular weight is 360 g/mol. The maximum absolute atomic E-state index is 12.8. The number of hydrogen-bond donors (Lipinski definition) is 2. The maximum Gasteiger partial charge on any atom is 0.254 e. The number of rotatable bonds is 5. The van der Waals surface area contributed by atoms with Gasteiger partial charge in [-0.3, -0.25) is 9.69 Å². The maximum atomic E-state index is 12.8. The largest absolute Gasteiger partial charge is 0.490 e. The Morgan fingerprint density at radius 2 is 2.00 bits per heavy atom. The summed E-state index contributed by atoms with van der Waals surface area (Å²) in [6.07, 6.45) is 3.13. The molecule has 0 saturated carbocycles. The van der Waals surface area contributed by atoms with E-state index in [1.165, 1.54) is 0 Å². The van der Waals surface area contributed by atoms with Gasteiger partial charge in [0.2, 0.25) is 0 Å². The molecule has 2 aliphatic heterocycles. The van der Waals surface area contributed by atoms with Crippen molar-refractivity contribution in [2.45, 2.75) is 37.5 Å². The van der Waals surface area contributed by atoms with Crippen LogP contribution in [0.15, 0.2) is 36.9 Å². The molecule has 6 heteroatoms. The van der Waals surface area contributed by atoms with Crippen LogP contribution in [0.5, 0.6) is 5.75 Å². The van der Waals surface area contributed by atoms with E-state index in [1.54, 1.807) is 29.2 Å². The lowest BCUT2D eigenvalue weighted by Gasteiger charge is -2.43. The molecule has 0 aromatic heterocycles. The molecular weight excluding hydrogens is 332 g/mol. The zero-order valence-electron chi connectivity index (χ0n) is 15.1. The minimum atomic E-state index is -0.567. The van der Waals surface area contributed by atoms with Crippen LogP contribution in [-0.2, 0) is 0 Å². The summed E-state index contributed by atoms with van der Waals surface area (Å²) in [7, 11) is 0. The van der Waals surface area contributed by atoms with Crippen LogP contribution in [0.4, 0.5) is 0 Å². The number of amides is 1. The number of likely N-dealkylation sites (tertiary alicyclic amines) is 2. The van der Waals surface area contributed by atoms with Gasteiger partial charge in [-0.05, 0) is 37.5 Å². The monoisotopic (exact) mass is 360 g/mol. The molecule has 142 valence electrons. The van der Waals surface area contributed by atoms with Crippen molar-refractivity contribution in [3.05, 3.63) is 42.5 Å². The van der Waals surface area contributed by atoms with Gasteiger partial charge in [0.15, 0.2) is 0 Å². The zero-order valence-corrected chi connectivity index (χ0v) is 15.1. The molecule has 1 amide bonds. The highest BCUT2D eigenvalue weighted by molar-refractivity contribution is 5.94. The van der Waals surface area contributed by atoms with Crippen molar-refractivity contribution in [1.82, 2.24) is 9.80 Å². The highest BCUT2D eigenvalue weighted by Gasteiger charge is 2.35. The SMILES string of the molecule is C=CCOc1cccc(C(=O)N2CC[C@@H](N3CCC(O)CC3)[C@H](O)C2)c1. The fraction of sp³-hybridized carbons (Fsp3) is 0.550. The van der Waals surface area contributed by atoms with Gasteiger partial charge < -0.3 is 19.8 Å². The van der Waals surface area contributed by atoms with Crippen LogP contribution in [-0.4, -0.2) is 77.0 Å². The molecule has 0 spiro atoms. The first-order chi connectivity index (χ1) is 12.6. The lowest BCUT2D eigenvalue weighted by atomic mass is 9.96. The van der Waals surface area contributed by atoms with Gasteiger partial charge >= 0.3 is 0 Å². The Hall–Kier alpha value is -1.89. The van der Waals surface area contributed by atoms with Crippen LogP contribution in [0.3, 0.4) is 0 Å². The van der Waals surface area contributed by atoms with E-state index >= 15 is 0 Å². The lowest BCUT2D eigenvalue weighted by molar-refractivity contribution is -0.0291. The Labute approximate surface area is 154 Å². The van der Waals surface area contributed by atoms with Crippen molar-refractivity contribution >= 4 is 5.91 Å². The number of aliphatic hydroxyl groups is 2. The van der Waals surface area contributed by atoms with Crippen molar-refractivity contribution in [3.8, 4) is 5.75 Å². The van der Waals surface area contributed by atoms with E-state index in [2.05, 4.69) is 11.5 Å². The van der Waals surface area contributed by atoms with Crippen molar-refractivity contribution in [3.63, 3.8) is 0 Å². The minimum absolute atomic E-state index is 0.0637. The minimum Gasteiger partial charge on any atom is -0.490 e. The molecule has 2 atom stereocenters. The van der Waals surface area contributed by atoms with Crippen LogP contribution in [0.25, 0.3) is 0 Å². The average Bonchev–Trinajstić information content (AvgIpc) is 2.67. The van der Waals surface area contributed by atoms with Crippen LogP contribution in [0.2, 0.25) is 0 Å². The van der Waals surface area contributed by atoms with Gasteiger partial charge in [-0.15, -0.1) is 0 Å². The molecule has 2 aliphatic rings. The molecule has 0 aliphatic carbocycles. The molecule has 1 aromatic carbocycles. The Morgan fingerprint density at radius 3 is 2.69 bits per heavy atom. The van der Waals surface area contributed by atoms with Gasteiger partial charge in [0.25, 0.3) is 5.91 Å². The third-order valence-electron chi connectivity index (χ3n) is 5.25. The Kier molecular flexibility index (Phi) is 6.29. The molecule has 1 aromatic rings. The molecule has 2 heterocycles. The Morgan fingerprint density at radius 1 is 1.23 bits per heavy atom. The fourth-order valence-corrected chi connectivity index (χ4v) is 3.80. The van der Waals surface area contributed by atoms with E-state index in [0.717, 1.165) is 32.4 Å². The molecule has 2 fully saturated rings. The first kappa shape index (κ1) is 18.9. The molecule has 2 saturated heterocycles. The number of nitrogens with zero attached hydrogens (tertiary/aromatic N) is 2. The van der Waals surface area contributed by atoms with Crippen molar-refractivity contribution in [2.24, 2.45) is 0 Å². The van der Waals surface area contributed by atoms with Crippen LogP contribution >= 0.6 is 0 Å². The summed E-state index contributed by atoms with van der Waals surface area (Å²) >= 11 is 0. The van der Waals surface area contributed by atoms with E-state index < -0.39 is 6.10 Å². The number of ether oxygens (including phenoxy) is 1. The van der Waals surface area contributed by atoms with Gasteiger partial charge in [0.1, 0.15) is 12.4 Å². The normalized spacial score (nSPS) is 25.1. The fourth-order valence-electron chi connectivity index (χ4n) is 3.80. The third kappa shape index (κ3) is 4.44. The molecule has 2 N–H and O–H groups in total. The van der Waals surface area contributed by atoms with Crippen molar-refractivity contribution < 1.29 is 19.7 Å². The number of benzene rings is 1. The number of hydrogen-bond acceptors (Lipinski definition) is 5. The third-order valence-corrected chi connectivity index (χ3v) is 5.25. The Bertz CT molecular complexity index is 628. The molecule has 0 bridgehead atoms. The summed E-state index contributed by atoms with van der Waals surface area (Å²) in [5, 5.41) is 20.2. The summed E-state index contributed by atoms with van der Waals surface area (Å²) < 4.78 is 5.49. The highest BCUT2D eigenvalue weighted by atomic mass is 16.5. The van der Waals surface area contributed by atoms with Crippen LogP contribution in [0, 0.1) is 0 Å². The van der Waals surface area contributed by atoms with Gasteiger partial charge in [0.05, 0.1) is 12.2 Å². The predicted octanol–water partition coefficient (Wildman–Crippen LogP) is 1.28. The molecular formula is C20H28N2O4. The number of aliphatic hydroxyl groups excluding tert-OH is 2. The van der Waals surface area contributed by atoms with E-state index in [-0.39, 0.29) is 18.1 Å². The summed E-state index contributed by atoms with van der Waals surface area (Å²) in [5.74, 6) is 0.554. The standard InChI is InChI=1S/C20H28N2O4/c1-2-12-26-17-5-3-4-15(13-17)20(25)22-11-8-18(19(24)14-22)21-9-6-16(23)7-10-21/h2-5,13,16,18-19,23-24H,1,6-12,14H2/t18-,19-/m1/s1. The van der Waals surface area contributed by atoms with Crippen LogP contribution < -0.4 is 4.74 Å². The smallest absolute Gasteiger partial charge is 0.254 e. The molecule has 0 radical (unpaired) electrons. The van der Waals surface area contributed by atoms with Crippen molar-refractivity contribution in [1.29, 1.82) is 0 Å². The second-order valence-corrected chi connectivity index (χ2v) is 7.07. The van der Waals surface area contributed by atoms with Gasteiger partial charge in [0, 0.05) is 37.8 Å². The second-order valence-electron chi connectivity index (χ2n) is 7.07. The Balaban J connectivity index is 1.59. The van der Waals surface area contributed by atoms with Crippen LogP contribution in [0.1, 0.15) is 29.6 Å². The zero-order chi connectivity index (χ0) is 18.5. The van der Waals surface area contributed by atoms with Gasteiger partial charge in [-0.25, -0.2) is 0 Å². The van der Waals surface area contributed by atoms with E-state index in [0.29, 0.717) is 31.0 Å². The van der Waals surface area contributed by atoms with Crippen molar-refractivity contribution in [2.75, 3.05) is 32.8 Å². The number of carbonyl (C=O) groups is 1. The second kappa shape index (κ2) is 8.66. The molecule has 26 heavy (non-hydrogen) atoms. The number of piperidine rings is 2. The van der Waals surface area contributed by atoms with Gasteiger partial charge in [-0.2, -0.15) is 0 Å². The highest BCUT2D eigenvalue weighted by Crippen LogP contribution is 2.23. The molecule has 0 unspecified atom stereocenters. The summed E-state index contributed by atoms with van der Waals surface area (Å²) in [4.78, 5) is 16.8. The summed E-state index contributed by atoms with van der Waals surface area (Å²) in [6.45, 7) is 6.58. The van der Waals surface area contributed by atoms with E-state index in [4.69, 9.17) is 4.74 Å².